The molecular formula is C15H17ClN2. The van der Waals surface area contributed by atoms with E-state index >= 15 is 0 Å². The van der Waals surface area contributed by atoms with Gasteiger partial charge in [0.25, 0.3) is 0 Å². The summed E-state index contributed by atoms with van der Waals surface area (Å²) in [6.45, 7) is 3.18. The van der Waals surface area contributed by atoms with Crippen LogP contribution in [0.3, 0.4) is 0 Å². The van der Waals surface area contributed by atoms with Crippen LogP contribution in [0.1, 0.15) is 25.3 Å². The molecule has 3 rings (SSSR count). The van der Waals surface area contributed by atoms with Crippen LogP contribution >= 0.6 is 11.6 Å². The minimum absolute atomic E-state index is 0.675. The molecule has 0 amide bonds. The van der Waals surface area contributed by atoms with E-state index in [1.54, 1.807) is 0 Å². The smallest absolute Gasteiger partial charge is 0.0761 e. The molecule has 0 saturated heterocycles. The summed E-state index contributed by atoms with van der Waals surface area (Å²) in [6.07, 6.45) is 4.41. The van der Waals surface area contributed by atoms with Gasteiger partial charge in [-0.2, -0.15) is 0 Å². The van der Waals surface area contributed by atoms with Gasteiger partial charge in [-0.3, -0.25) is 4.98 Å². The first-order chi connectivity index (χ1) is 8.74. The van der Waals surface area contributed by atoms with E-state index in [2.05, 4.69) is 23.3 Å². The molecule has 0 bridgehead atoms. The lowest BCUT2D eigenvalue weighted by atomic mass is 9.82. The lowest BCUT2D eigenvalue weighted by Gasteiger charge is -2.33. The van der Waals surface area contributed by atoms with Crippen molar-refractivity contribution in [2.75, 3.05) is 0 Å². The number of pyridine rings is 1. The molecule has 3 heteroatoms. The van der Waals surface area contributed by atoms with Crippen molar-refractivity contribution in [1.29, 1.82) is 0 Å². The van der Waals surface area contributed by atoms with Gasteiger partial charge in [-0.05, 0) is 42.5 Å². The molecule has 1 aliphatic rings. The first-order valence-corrected chi connectivity index (χ1v) is 6.87. The summed E-state index contributed by atoms with van der Waals surface area (Å²) in [7, 11) is 0. The average molecular weight is 261 g/mol. The van der Waals surface area contributed by atoms with E-state index in [9.17, 15) is 0 Å². The molecule has 0 radical (unpaired) electrons. The van der Waals surface area contributed by atoms with E-state index in [0.29, 0.717) is 6.04 Å². The second kappa shape index (κ2) is 4.87. The molecule has 1 aliphatic carbocycles. The molecule has 1 aromatic carbocycles. The normalized spacial score (nSPS) is 23.0. The zero-order valence-electron chi connectivity index (χ0n) is 10.5. The fourth-order valence-corrected chi connectivity index (χ4v) is 2.88. The van der Waals surface area contributed by atoms with Crippen LogP contribution in [0.4, 0.5) is 0 Å². The summed E-state index contributed by atoms with van der Waals surface area (Å²) in [5.41, 5.74) is 2.25. The Morgan fingerprint density at radius 1 is 1.33 bits per heavy atom. The molecule has 0 unspecified atom stereocenters. The van der Waals surface area contributed by atoms with E-state index in [1.807, 2.05) is 24.4 Å². The predicted molar refractivity (Wildman–Crippen MR) is 75.8 cm³/mol. The standard InChI is InChI=1S/C15H17ClN2/c1-10-7-12(8-10)18-9-11-4-5-14(16)13-3-2-6-17-15(11)13/h2-6,10,12,18H,7-9H2,1H3. The number of hydrogen-bond donors (Lipinski definition) is 1. The maximum Gasteiger partial charge on any atom is 0.0761 e. The zero-order valence-corrected chi connectivity index (χ0v) is 11.2. The van der Waals surface area contributed by atoms with Gasteiger partial charge in [-0.1, -0.05) is 24.6 Å². The number of benzene rings is 1. The van der Waals surface area contributed by atoms with Crippen molar-refractivity contribution in [3.63, 3.8) is 0 Å². The molecule has 0 aliphatic heterocycles. The van der Waals surface area contributed by atoms with Crippen LogP contribution in [-0.4, -0.2) is 11.0 Å². The van der Waals surface area contributed by atoms with Crippen molar-refractivity contribution < 1.29 is 0 Å². The molecule has 0 spiro atoms. The number of nitrogens with one attached hydrogen (secondary N) is 1. The lowest BCUT2D eigenvalue weighted by molar-refractivity contribution is 0.240. The van der Waals surface area contributed by atoms with Gasteiger partial charge in [0.15, 0.2) is 0 Å². The topological polar surface area (TPSA) is 24.9 Å². The number of hydrogen-bond acceptors (Lipinski definition) is 2. The Morgan fingerprint density at radius 3 is 2.94 bits per heavy atom. The Kier molecular flexibility index (Phi) is 3.23. The summed E-state index contributed by atoms with van der Waals surface area (Å²) < 4.78 is 0. The van der Waals surface area contributed by atoms with Crippen molar-refractivity contribution in [3.05, 3.63) is 41.0 Å². The van der Waals surface area contributed by atoms with Crippen molar-refractivity contribution in [2.24, 2.45) is 5.92 Å². The van der Waals surface area contributed by atoms with Gasteiger partial charge in [0, 0.05) is 29.2 Å². The third-order valence-corrected chi connectivity index (χ3v) is 4.08. The van der Waals surface area contributed by atoms with Gasteiger partial charge in [-0.25, -0.2) is 0 Å². The van der Waals surface area contributed by atoms with Gasteiger partial charge in [0.2, 0.25) is 0 Å². The van der Waals surface area contributed by atoms with Crippen molar-refractivity contribution in [1.82, 2.24) is 10.3 Å². The van der Waals surface area contributed by atoms with Crippen molar-refractivity contribution in [3.8, 4) is 0 Å². The van der Waals surface area contributed by atoms with Crippen LogP contribution < -0.4 is 5.32 Å². The van der Waals surface area contributed by atoms with Crippen LogP contribution in [-0.2, 0) is 6.54 Å². The Bertz CT molecular complexity index is 561. The zero-order chi connectivity index (χ0) is 12.5. The fraction of sp³-hybridized carbons (Fsp3) is 0.400. The molecule has 18 heavy (non-hydrogen) atoms. The van der Waals surface area contributed by atoms with Crippen LogP contribution in [0.2, 0.25) is 5.02 Å². The van der Waals surface area contributed by atoms with Crippen molar-refractivity contribution >= 4 is 22.5 Å². The highest BCUT2D eigenvalue weighted by Gasteiger charge is 2.24. The SMILES string of the molecule is CC1CC(NCc2ccc(Cl)c3cccnc23)C1. The van der Waals surface area contributed by atoms with Crippen LogP contribution in [0, 0.1) is 5.92 Å². The summed E-state index contributed by atoms with van der Waals surface area (Å²) in [5.74, 6) is 0.877. The Hall–Kier alpha value is -1.12. The predicted octanol–water partition coefficient (Wildman–Crippen LogP) is 3.78. The van der Waals surface area contributed by atoms with Gasteiger partial charge >= 0.3 is 0 Å². The molecule has 1 aromatic heterocycles. The number of halogens is 1. The summed E-state index contributed by atoms with van der Waals surface area (Å²) in [4.78, 5) is 4.45. The third kappa shape index (κ3) is 2.23. The van der Waals surface area contributed by atoms with E-state index < -0.39 is 0 Å². The molecule has 1 N–H and O–H groups in total. The molecule has 1 fully saturated rings. The molecular weight excluding hydrogens is 244 g/mol. The van der Waals surface area contributed by atoms with Gasteiger partial charge in [0.05, 0.1) is 5.52 Å². The number of aromatic nitrogens is 1. The summed E-state index contributed by atoms with van der Waals surface area (Å²) in [5, 5.41) is 5.41. The van der Waals surface area contributed by atoms with Crippen LogP contribution in [0.25, 0.3) is 10.9 Å². The van der Waals surface area contributed by atoms with Crippen LogP contribution in [0.5, 0.6) is 0 Å². The molecule has 2 nitrogen and oxygen atoms in total. The minimum atomic E-state index is 0.675. The maximum atomic E-state index is 6.19. The quantitative estimate of drug-likeness (QED) is 0.909. The second-order valence-electron chi connectivity index (χ2n) is 5.26. The Labute approximate surface area is 112 Å². The second-order valence-corrected chi connectivity index (χ2v) is 5.67. The number of rotatable bonds is 3. The fourth-order valence-electron chi connectivity index (χ4n) is 2.66. The van der Waals surface area contributed by atoms with Gasteiger partial charge in [0.1, 0.15) is 0 Å². The highest BCUT2D eigenvalue weighted by molar-refractivity contribution is 6.35. The summed E-state index contributed by atoms with van der Waals surface area (Å²) >= 11 is 6.19. The Balaban J connectivity index is 1.81. The average Bonchev–Trinajstić information content (AvgIpc) is 2.36. The van der Waals surface area contributed by atoms with Gasteiger partial charge in [-0.15, -0.1) is 0 Å². The van der Waals surface area contributed by atoms with E-state index in [-0.39, 0.29) is 0 Å². The highest BCUT2D eigenvalue weighted by atomic mass is 35.5. The van der Waals surface area contributed by atoms with E-state index in [1.165, 1.54) is 18.4 Å². The van der Waals surface area contributed by atoms with E-state index in [0.717, 1.165) is 28.4 Å². The van der Waals surface area contributed by atoms with Crippen LogP contribution in [0.15, 0.2) is 30.5 Å². The van der Waals surface area contributed by atoms with Gasteiger partial charge < -0.3 is 5.32 Å². The highest BCUT2D eigenvalue weighted by Crippen LogP contribution is 2.28. The monoisotopic (exact) mass is 260 g/mol. The first-order valence-electron chi connectivity index (χ1n) is 6.49. The van der Waals surface area contributed by atoms with E-state index in [4.69, 9.17) is 11.6 Å². The largest absolute Gasteiger partial charge is 0.310 e. The summed E-state index contributed by atoms with van der Waals surface area (Å²) in [6, 6.07) is 8.67. The molecule has 94 valence electrons. The maximum absolute atomic E-state index is 6.19. The number of fused-ring (bicyclic) bond motifs is 1. The third-order valence-electron chi connectivity index (χ3n) is 3.75. The minimum Gasteiger partial charge on any atom is -0.310 e. The Morgan fingerprint density at radius 2 is 2.17 bits per heavy atom. The molecule has 0 atom stereocenters. The molecule has 1 heterocycles. The van der Waals surface area contributed by atoms with Crippen molar-refractivity contribution in [2.45, 2.75) is 32.4 Å². The molecule has 1 saturated carbocycles. The first kappa shape index (κ1) is 11.9. The number of nitrogens with zero attached hydrogens (tertiary/aromatic N) is 1. The lowest BCUT2D eigenvalue weighted by Crippen LogP contribution is -2.39. The molecule has 2 aromatic rings.